The first kappa shape index (κ1) is 25.3. The normalized spacial score (nSPS) is 17.9. The summed E-state index contributed by atoms with van der Waals surface area (Å²) in [6.07, 6.45) is -0.961. The van der Waals surface area contributed by atoms with E-state index in [0.717, 1.165) is 23.7 Å². The molecule has 10 heteroatoms. The van der Waals surface area contributed by atoms with Crippen molar-refractivity contribution < 1.29 is 27.5 Å². The Hall–Kier alpha value is -3.82. The largest absolute Gasteiger partial charge is 0.494 e. The van der Waals surface area contributed by atoms with Crippen LogP contribution >= 0.6 is 0 Å². The smallest absolute Gasteiger partial charge is 0.435 e. The van der Waals surface area contributed by atoms with Crippen LogP contribution < -0.4 is 15.4 Å². The van der Waals surface area contributed by atoms with E-state index in [9.17, 15) is 22.8 Å². The molecule has 0 spiro atoms. The summed E-state index contributed by atoms with van der Waals surface area (Å²) in [4.78, 5) is 25.8. The second-order valence-electron chi connectivity index (χ2n) is 8.57. The van der Waals surface area contributed by atoms with E-state index in [2.05, 4.69) is 15.7 Å². The van der Waals surface area contributed by atoms with E-state index in [1.54, 1.807) is 54.6 Å². The Bertz CT molecular complexity index is 1190. The number of hydrogen-bond donors (Lipinski definition) is 2. The molecule has 0 saturated heterocycles. The first-order valence-electron chi connectivity index (χ1n) is 11.8. The summed E-state index contributed by atoms with van der Waals surface area (Å²) >= 11 is 0. The Morgan fingerprint density at radius 2 is 1.58 bits per heavy atom. The Morgan fingerprint density at radius 3 is 2.17 bits per heavy atom. The van der Waals surface area contributed by atoms with Gasteiger partial charge >= 0.3 is 6.18 Å². The molecule has 0 unspecified atom stereocenters. The minimum atomic E-state index is -4.81. The summed E-state index contributed by atoms with van der Waals surface area (Å²) in [5.74, 6) is -0.554. The van der Waals surface area contributed by atoms with Crippen LogP contribution in [0.25, 0.3) is 5.69 Å². The zero-order valence-corrected chi connectivity index (χ0v) is 19.7. The summed E-state index contributed by atoms with van der Waals surface area (Å²) in [6.45, 7) is 2.37. The summed E-state index contributed by atoms with van der Waals surface area (Å²) < 4.78 is 47.6. The van der Waals surface area contributed by atoms with Crippen molar-refractivity contribution in [3.05, 3.63) is 77.6 Å². The van der Waals surface area contributed by atoms with Crippen LogP contribution in [0.3, 0.4) is 0 Å². The monoisotopic (exact) mass is 500 g/mol. The molecular formula is C26H27F3N4O3. The molecule has 0 radical (unpaired) electrons. The first-order valence-corrected chi connectivity index (χ1v) is 11.8. The van der Waals surface area contributed by atoms with Gasteiger partial charge in [-0.15, -0.1) is 0 Å². The number of benzene rings is 2. The van der Waals surface area contributed by atoms with Crippen molar-refractivity contribution in [2.45, 2.75) is 50.9 Å². The summed E-state index contributed by atoms with van der Waals surface area (Å²) in [6, 6.07) is 14.0. The minimum absolute atomic E-state index is 0.322. The number of nitrogens with zero attached hydrogens (tertiary/aromatic N) is 2. The Labute approximate surface area is 206 Å². The van der Waals surface area contributed by atoms with Crippen LogP contribution in [0.1, 0.15) is 59.0 Å². The minimum Gasteiger partial charge on any atom is -0.494 e. The maximum absolute atomic E-state index is 13.7. The lowest BCUT2D eigenvalue weighted by Crippen LogP contribution is -2.53. The zero-order chi connectivity index (χ0) is 25.7. The lowest BCUT2D eigenvalue weighted by molar-refractivity contribution is -0.141. The van der Waals surface area contributed by atoms with Crippen LogP contribution in [0.5, 0.6) is 5.75 Å². The van der Waals surface area contributed by atoms with Crippen molar-refractivity contribution in [2.24, 2.45) is 0 Å². The van der Waals surface area contributed by atoms with Crippen LogP contribution in [0.2, 0.25) is 0 Å². The van der Waals surface area contributed by atoms with Gasteiger partial charge in [-0.1, -0.05) is 31.0 Å². The average molecular weight is 501 g/mol. The summed E-state index contributed by atoms with van der Waals surface area (Å²) in [5, 5.41) is 9.29. The topological polar surface area (TPSA) is 85.3 Å². The third kappa shape index (κ3) is 5.87. The highest BCUT2D eigenvalue weighted by molar-refractivity contribution is 5.96. The lowest BCUT2D eigenvalue weighted by atomic mass is 9.89. The third-order valence-corrected chi connectivity index (χ3v) is 6.07. The maximum atomic E-state index is 13.7. The molecule has 1 aliphatic carbocycles. The van der Waals surface area contributed by atoms with Crippen LogP contribution in [-0.2, 0) is 6.18 Å². The van der Waals surface area contributed by atoms with Gasteiger partial charge in [0.1, 0.15) is 5.75 Å². The molecule has 36 heavy (non-hydrogen) atoms. The Kier molecular flexibility index (Phi) is 7.61. The first-order chi connectivity index (χ1) is 17.3. The molecule has 2 atom stereocenters. The molecule has 1 aliphatic rings. The quantitative estimate of drug-likeness (QED) is 0.490. The number of rotatable bonds is 7. The third-order valence-electron chi connectivity index (χ3n) is 6.07. The molecule has 3 aromatic rings. The van der Waals surface area contributed by atoms with Gasteiger partial charge in [0.05, 0.1) is 17.9 Å². The number of para-hydroxylation sites is 1. The van der Waals surface area contributed by atoms with Gasteiger partial charge in [-0.25, -0.2) is 4.68 Å². The molecular weight excluding hydrogens is 473 g/mol. The van der Waals surface area contributed by atoms with Gasteiger partial charge < -0.3 is 15.4 Å². The van der Waals surface area contributed by atoms with E-state index < -0.39 is 35.4 Å². The second-order valence-corrected chi connectivity index (χ2v) is 8.57. The number of ether oxygens (including phenoxy) is 1. The van der Waals surface area contributed by atoms with Crippen molar-refractivity contribution in [2.75, 3.05) is 6.61 Å². The van der Waals surface area contributed by atoms with E-state index in [-0.39, 0.29) is 5.91 Å². The average Bonchev–Trinajstić information content (AvgIpc) is 3.33. The number of carbonyl (C=O) groups excluding carboxylic acids is 2. The molecule has 2 amide bonds. The predicted octanol–water partition coefficient (Wildman–Crippen LogP) is 4.76. The molecule has 0 bridgehead atoms. The molecule has 0 aliphatic heterocycles. The molecule has 2 aromatic carbocycles. The van der Waals surface area contributed by atoms with Gasteiger partial charge in [0.25, 0.3) is 11.8 Å². The fraction of sp³-hybridized carbons (Fsp3) is 0.346. The summed E-state index contributed by atoms with van der Waals surface area (Å²) in [5.41, 5.74) is -0.985. The van der Waals surface area contributed by atoms with Gasteiger partial charge in [-0.2, -0.15) is 18.3 Å². The van der Waals surface area contributed by atoms with E-state index in [0.29, 0.717) is 36.4 Å². The standard InChI is InChI=1S/C26H27F3N4O3/c1-2-36-19-14-12-17(13-15-19)24(34)30-21-10-6-7-11-22(21)31-25(35)20-16-33(18-8-4-3-5-9-18)32-23(20)26(27,28)29/h3-5,8-9,12-16,21-22H,2,6-7,10-11H2,1H3,(H,30,34)(H,31,35)/t21-,22+/m0/s1. The molecule has 1 aromatic heterocycles. The van der Waals surface area contributed by atoms with E-state index in [1.165, 1.54) is 0 Å². The highest BCUT2D eigenvalue weighted by Gasteiger charge is 2.40. The number of nitrogens with one attached hydrogen (secondary N) is 2. The summed E-state index contributed by atoms with van der Waals surface area (Å²) in [7, 11) is 0. The number of carbonyl (C=O) groups is 2. The number of aromatic nitrogens is 2. The number of amides is 2. The second kappa shape index (κ2) is 10.8. The fourth-order valence-electron chi connectivity index (χ4n) is 4.31. The molecule has 7 nitrogen and oxygen atoms in total. The van der Waals surface area contributed by atoms with Gasteiger partial charge in [0.2, 0.25) is 0 Å². The van der Waals surface area contributed by atoms with Crippen molar-refractivity contribution >= 4 is 11.8 Å². The Balaban J connectivity index is 1.50. The molecule has 1 fully saturated rings. The SMILES string of the molecule is CCOc1ccc(C(=O)N[C@H]2CCCC[C@H]2NC(=O)c2cn(-c3ccccc3)nc2C(F)(F)F)cc1. The molecule has 4 rings (SSSR count). The van der Waals surface area contributed by atoms with Gasteiger partial charge in [0.15, 0.2) is 5.69 Å². The molecule has 1 heterocycles. The Morgan fingerprint density at radius 1 is 0.972 bits per heavy atom. The van der Waals surface area contributed by atoms with Gasteiger partial charge in [0, 0.05) is 23.8 Å². The number of halogens is 3. The molecule has 2 N–H and O–H groups in total. The maximum Gasteiger partial charge on any atom is 0.435 e. The highest BCUT2D eigenvalue weighted by Crippen LogP contribution is 2.32. The molecule has 190 valence electrons. The number of alkyl halides is 3. The molecule has 1 saturated carbocycles. The van der Waals surface area contributed by atoms with Gasteiger partial charge in [-0.3, -0.25) is 9.59 Å². The number of hydrogen-bond acceptors (Lipinski definition) is 4. The van der Waals surface area contributed by atoms with E-state index in [4.69, 9.17) is 4.74 Å². The van der Waals surface area contributed by atoms with Crippen molar-refractivity contribution in [3.8, 4) is 11.4 Å². The highest BCUT2D eigenvalue weighted by atomic mass is 19.4. The van der Waals surface area contributed by atoms with Crippen LogP contribution in [0.15, 0.2) is 60.8 Å². The van der Waals surface area contributed by atoms with Crippen LogP contribution in [0, 0.1) is 0 Å². The lowest BCUT2D eigenvalue weighted by Gasteiger charge is -2.32. The van der Waals surface area contributed by atoms with Crippen LogP contribution in [0.4, 0.5) is 13.2 Å². The fourth-order valence-corrected chi connectivity index (χ4v) is 4.31. The zero-order valence-electron chi connectivity index (χ0n) is 19.7. The van der Waals surface area contributed by atoms with Crippen molar-refractivity contribution in [1.82, 2.24) is 20.4 Å². The van der Waals surface area contributed by atoms with Crippen molar-refractivity contribution in [3.63, 3.8) is 0 Å². The van der Waals surface area contributed by atoms with E-state index in [1.807, 2.05) is 6.92 Å². The predicted molar refractivity (Wildman–Crippen MR) is 127 cm³/mol. The van der Waals surface area contributed by atoms with Gasteiger partial charge in [-0.05, 0) is 56.2 Å². The van der Waals surface area contributed by atoms with Crippen molar-refractivity contribution in [1.29, 1.82) is 0 Å². The van der Waals surface area contributed by atoms with E-state index >= 15 is 0 Å². The van der Waals surface area contributed by atoms with Crippen LogP contribution in [-0.4, -0.2) is 40.3 Å².